The monoisotopic (exact) mass is 220 g/mol. The number of carboxylic acids is 1. The first-order valence-corrected chi connectivity index (χ1v) is 3.47. The first kappa shape index (κ1) is 13.2. The van der Waals surface area contributed by atoms with Gasteiger partial charge in [-0.1, -0.05) is 29.3 Å². The van der Waals surface area contributed by atoms with Crippen LogP contribution in [0.25, 0.3) is 0 Å². The van der Waals surface area contributed by atoms with E-state index in [0.717, 1.165) is 6.42 Å². The first-order chi connectivity index (χ1) is 3.68. The van der Waals surface area contributed by atoms with E-state index < -0.39 is 5.97 Å². The average molecular weight is 221 g/mol. The summed E-state index contributed by atoms with van der Waals surface area (Å²) in [5, 5.41) is 8.27. The molecule has 0 heterocycles. The summed E-state index contributed by atoms with van der Waals surface area (Å²) in [6.45, 7) is 1.96. The van der Waals surface area contributed by atoms with Crippen molar-refractivity contribution in [2.45, 2.75) is 24.6 Å². The molecule has 1 N–H and O–H groups in total. The second-order valence-electron chi connectivity index (χ2n) is 1.59. The van der Waals surface area contributed by atoms with Gasteiger partial charge in [0, 0.05) is 0 Å². The summed E-state index contributed by atoms with van der Waals surface area (Å²) in [7, 11) is 0. The van der Waals surface area contributed by atoms with Crippen molar-refractivity contribution in [2.75, 3.05) is 0 Å². The average Bonchev–Trinajstić information content (AvgIpc) is 1.67. The molecule has 0 radical (unpaired) electrons. The molecule has 0 saturated carbocycles. The third-order valence-electron chi connectivity index (χ3n) is 0.810. The predicted molar refractivity (Wildman–Crippen MR) is 42.4 cm³/mol. The van der Waals surface area contributed by atoms with Gasteiger partial charge in [0.1, 0.15) is 4.83 Å². The molecule has 0 aromatic carbocycles. The Morgan fingerprint density at radius 1 is 1.78 bits per heavy atom. The van der Waals surface area contributed by atoms with Crippen LogP contribution in [0, 0.1) is 0 Å². The SMILES string of the molecule is CCCC(Br)C(=O)O.[KH]. The van der Waals surface area contributed by atoms with Crippen LogP contribution in [0.15, 0.2) is 0 Å². The zero-order valence-corrected chi connectivity index (χ0v) is 6.31. The van der Waals surface area contributed by atoms with Gasteiger partial charge in [-0.15, -0.1) is 0 Å². The van der Waals surface area contributed by atoms with Gasteiger partial charge in [-0.2, -0.15) is 0 Å². The summed E-state index contributed by atoms with van der Waals surface area (Å²) in [5.74, 6) is -0.771. The van der Waals surface area contributed by atoms with E-state index >= 15 is 0 Å². The molecule has 9 heavy (non-hydrogen) atoms. The van der Waals surface area contributed by atoms with E-state index in [1.54, 1.807) is 0 Å². The Morgan fingerprint density at radius 2 is 2.22 bits per heavy atom. The van der Waals surface area contributed by atoms with E-state index in [2.05, 4.69) is 15.9 Å². The number of hydrogen-bond acceptors (Lipinski definition) is 1. The van der Waals surface area contributed by atoms with Gasteiger partial charge in [-0.05, 0) is 6.42 Å². The Bertz CT molecular complexity index is 87.0. The van der Waals surface area contributed by atoms with Gasteiger partial charge in [0.2, 0.25) is 0 Å². The second kappa shape index (κ2) is 7.69. The molecule has 0 bridgehead atoms. The number of carbonyl (C=O) groups is 1. The van der Waals surface area contributed by atoms with Gasteiger partial charge >= 0.3 is 57.4 Å². The Balaban J connectivity index is 0. The maximum absolute atomic E-state index is 10.0. The normalized spacial score (nSPS) is 11.8. The Morgan fingerprint density at radius 3 is 2.33 bits per heavy atom. The fraction of sp³-hybridized carbons (Fsp3) is 0.800. The van der Waals surface area contributed by atoms with Crippen LogP contribution in [0.2, 0.25) is 0 Å². The maximum atomic E-state index is 10.0. The zero-order valence-electron chi connectivity index (χ0n) is 4.72. The van der Waals surface area contributed by atoms with Crippen molar-refractivity contribution in [3.63, 3.8) is 0 Å². The van der Waals surface area contributed by atoms with Gasteiger partial charge in [-0.3, -0.25) is 4.79 Å². The van der Waals surface area contributed by atoms with E-state index in [1.807, 2.05) is 6.92 Å². The molecule has 0 amide bonds. The van der Waals surface area contributed by atoms with Crippen LogP contribution in [0.4, 0.5) is 0 Å². The van der Waals surface area contributed by atoms with Crippen LogP contribution in [-0.2, 0) is 4.79 Å². The zero-order chi connectivity index (χ0) is 6.57. The number of carboxylic acid groups (broad SMARTS) is 1. The van der Waals surface area contributed by atoms with Crippen LogP contribution in [0.3, 0.4) is 0 Å². The third kappa shape index (κ3) is 7.48. The summed E-state index contributed by atoms with van der Waals surface area (Å²) in [5.41, 5.74) is 0. The molecule has 50 valence electrons. The minimum atomic E-state index is -0.771. The van der Waals surface area contributed by atoms with Crippen LogP contribution in [0.1, 0.15) is 19.8 Å². The quantitative estimate of drug-likeness (QED) is 0.570. The third-order valence-corrected chi connectivity index (χ3v) is 1.66. The number of rotatable bonds is 3. The number of aliphatic carboxylic acids is 1. The molecule has 0 aliphatic rings. The number of halogens is 1. The van der Waals surface area contributed by atoms with E-state index in [4.69, 9.17) is 5.11 Å². The molecular formula is C5H10BrKO2. The summed E-state index contributed by atoms with van der Waals surface area (Å²) in [4.78, 5) is 9.69. The number of alkyl halides is 1. The topological polar surface area (TPSA) is 37.3 Å². The van der Waals surface area contributed by atoms with Crippen LogP contribution >= 0.6 is 15.9 Å². The molecule has 1 atom stereocenters. The standard InChI is InChI=1S/C5H9BrO2.K.H/c1-2-3-4(6)5(7)8;;/h4H,2-3H2,1H3,(H,7,8);;. The molecule has 4 heteroatoms. The fourth-order valence-corrected chi connectivity index (χ4v) is 0.835. The Labute approximate surface area is 106 Å². The number of hydrogen-bond donors (Lipinski definition) is 1. The molecular weight excluding hydrogens is 211 g/mol. The van der Waals surface area contributed by atoms with E-state index in [1.165, 1.54) is 0 Å². The molecule has 0 fully saturated rings. The van der Waals surface area contributed by atoms with Crippen molar-refractivity contribution < 1.29 is 9.90 Å². The molecule has 0 saturated heterocycles. The van der Waals surface area contributed by atoms with E-state index in [0.29, 0.717) is 6.42 Å². The summed E-state index contributed by atoms with van der Waals surface area (Å²) >= 11 is 3.00. The molecule has 2 nitrogen and oxygen atoms in total. The Kier molecular flexibility index (Phi) is 11.3. The van der Waals surface area contributed by atoms with Crippen molar-refractivity contribution in [1.82, 2.24) is 0 Å². The van der Waals surface area contributed by atoms with Crippen LogP contribution in [-0.4, -0.2) is 67.3 Å². The van der Waals surface area contributed by atoms with E-state index in [9.17, 15) is 4.79 Å². The second-order valence-corrected chi connectivity index (χ2v) is 2.70. The fourth-order valence-electron chi connectivity index (χ4n) is 0.377. The summed E-state index contributed by atoms with van der Waals surface area (Å²) < 4.78 is 0. The van der Waals surface area contributed by atoms with Gasteiger partial charge in [0.05, 0.1) is 0 Å². The minimum absolute atomic E-state index is 0. The molecule has 0 aromatic heterocycles. The van der Waals surface area contributed by atoms with Gasteiger partial charge in [-0.25, -0.2) is 0 Å². The van der Waals surface area contributed by atoms with Crippen molar-refractivity contribution in [1.29, 1.82) is 0 Å². The first-order valence-electron chi connectivity index (χ1n) is 2.55. The van der Waals surface area contributed by atoms with Crippen molar-refractivity contribution in [3.8, 4) is 0 Å². The molecule has 1 unspecified atom stereocenters. The van der Waals surface area contributed by atoms with Gasteiger partial charge in [0.25, 0.3) is 0 Å². The summed E-state index contributed by atoms with van der Waals surface area (Å²) in [6.07, 6.45) is 1.61. The van der Waals surface area contributed by atoms with Gasteiger partial charge in [0.15, 0.2) is 0 Å². The Hall–Kier alpha value is 1.59. The van der Waals surface area contributed by atoms with Crippen molar-refractivity contribution in [2.24, 2.45) is 0 Å². The van der Waals surface area contributed by atoms with Crippen LogP contribution < -0.4 is 0 Å². The molecule has 0 spiro atoms. The molecule has 0 aromatic rings. The van der Waals surface area contributed by atoms with Gasteiger partial charge < -0.3 is 5.11 Å². The summed E-state index contributed by atoms with van der Waals surface area (Å²) in [6, 6.07) is 0. The van der Waals surface area contributed by atoms with Crippen molar-refractivity contribution in [3.05, 3.63) is 0 Å². The molecule has 0 aliphatic heterocycles. The molecule has 0 aliphatic carbocycles. The van der Waals surface area contributed by atoms with Crippen molar-refractivity contribution >= 4 is 73.3 Å². The van der Waals surface area contributed by atoms with E-state index in [-0.39, 0.29) is 56.2 Å². The molecule has 0 rings (SSSR count). The predicted octanol–water partition coefficient (Wildman–Crippen LogP) is 0.986. The van der Waals surface area contributed by atoms with Crippen LogP contribution in [0.5, 0.6) is 0 Å².